The maximum absolute atomic E-state index is 11.8. The van der Waals surface area contributed by atoms with Gasteiger partial charge in [-0.05, 0) is 32.6 Å². The molecule has 0 N–H and O–H groups in total. The second kappa shape index (κ2) is 25.6. The maximum atomic E-state index is 11.8. The highest BCUT2D eigenvalue weighted by atomic mass is 16.5. The van der Waals surface area contributed by atoms with Crippen LogP contribution >= 0.6 is 0 Å². The minimum Gasteiger partial charge on any atom is -0.466 e. The second-order valence-electron chi connectivity index (χ2n) is 9.82. The molecule has 196 valence electrons. The van der Waals surface area contributed by atoms with Crippen LogP contribution in [0.5, 0.6) is 0 Å². The molecule has 1 atom stereocenters. The van der Waals surface area contributed by atoms with E-state index in [1.807, 2.05) is 6.92 Å². The van der Waals surface area contributed by atoms with Crippen LogP contribution in [-0.4, -0.2) is 24.6 Å². The van der Waals surface area contributed by atoms with Crippen molar-refractivity contribution in [3.63, 3.8) is 0 Å². The Kier molecular flexibility index (Phi) is 24.7. The van der Waals surface area contributed by atoms with Crippen LogP contribution in [0.2, 0.25) is 0 Å². The lowest BCUT2D eigenvalue weighted by Crippen LogP contribution is -2.14. The van der Waals surface area contributed by atoms with Gasteiger partial charge in [-0.15, -0.1) is 0 Å². The average Bonchev–Trinajstić information content (AvgIpc) is 2.80. The Morgan fingerprint density at radius 3 is 1.48 bits per heavy atom. The molecule has 0 aromatic carbocycles. The summed E-state index contributed by atoms with van der Waals surface area (Å²) in [6.07, 6.45) is 24.9. The number of unbranched alkanes of at least 4 members (excludes halogenated alkanes) is 16. The summed E-state index contributed by atoms with van der Waals surface area (Å²) in [5.41, 5.74) is 0. The molecule has 0 fully saturated rings. The fourth-order valence-corrected chi connectivity index (χ4v) is 4.10. The highest BCUT2D eigenvalue weighted by Gasteiger charge is 2.08. The number of rotatable bonds is 25. The molecule has 0 saturated heterocycles. The Morgan fingerprint density at radius 2 is 0.970 bits per heavy atom. The van der Waals surface area contributed by atoms with E-state index in [1.54, 1.807) is 0 Å². The fourth-order valence-electron chi connectivity index (χ4n) is 4.10. The maximum Gasteiger partial charge on any atom is 0.306 e. The summed E-state index contributed by atoms with van der Waals surface area (Å²) < 4.78 is 10.8. The lowest BCUT2D eigenvalue weighted by molar-refractivity contribution is -0.148. The van der Waals surface area contributed by atoms with Gasteiger partial charge in [-0.1, -0.05) is 117 Å². The summed E-state index contributed by atoms with van der Waals surface area (Å²) in [6.45, 7) is 6.98. The monoisotopic (exact) mass is 468 g/mol. The van der Waals surface area contributed by atoms with Crippen molar-refractivity contribution in [1.82, 2.24) is 0 Å². The van der Waals surface area contributed by atoms with Gasteiger partial charge in [-0.2, -0.15) is 0 Å². The van der Waals surface area contributed by atoms with Crippen molar-refractivity contribution in [2.24, 2.45) is 0 Å². The van der Waals surface area contributed by atoms with Crippen LogP contribution in [0.1, 0.15) is 162 Å². The number of carbonyl (C=O) groups excluding carboxylic acids is 2. The highest BCUT2D eigenvalue weighted by Crippen LogP contribution is 2.13. The van der Waals surface area contributed by atoms with Crippen LogP contribution < -0.4 is 0 Å². The number of esters is 2. The fraction of sp³-hybridized carbons (Fsp3) is 0.931. The van der Waals surface area contributed by atoms with Crippen LogP contribution in [0.15, 0.2) is 0 Å². The van der Waals surface area contributed by atoms with E-state index in [1.165, 1.54) is 64.2 Å². The summed E-state index contributed by atoms with van der Waals surface area (Å²) in [6, 6.07) is 0. The van der Waals surface area contributed by atoms with Gasteiger partial charge in [0, 0.05) is 12.8 Å². The van der Waals surface area contributed by atoms with Crippen molar-refractivity contribution in [3.05, 3.63) is 0 Å². The molecule has 0 spiro atoms. The lowest BCUT2D eigenvalue weighted by Gasteiger charge is -2.12. The third kappa shape index (κ3) is 25.4. The van der Waals surface area contributed by atoms with Gasteiger partial charge in [0.1, 0.15) is 0 Å². The first-order valence-electron chi connectivity index (χ1n) is 14.4. The van der Waals surface area contributed by atoms with E-state index in [-0.39, 0.29) is 18.0 Å². The first-order valence-corrected chi connectivity index (χ1v) is 14.4. The molecule has 4 heteroatoms. The van der Waals surface area contributed by atoms with Crippen molar-refractivity contribution in [2.75, 3.05) is 6.61 Å². The third-order valence-corrected chi connectivity index (χ3v) is 6.32. The molecular weight excluding hydrogens is 412 g/mol. The van der Waals surface area contributed by atoms with Crippen molar-refractivity contribution >= 4 is 11.9 Å². The predicted octanol–water partition coefficient (Wildman–Crippen LogP) is 9.08. The summed E-state index contributed by atoms with van der Waals surface area (Å²) in [5.74, 6) is -0.0961. The van der Waals surface area contributed by atoms with E-state index in [4.69, 9.17) is 9.47 Å². The zero-order valence-electron chi connectivity index (χ0n) is 22.5. The molecule has 0 heterocycles. The summed E-state index contributed by atoms with van der Waals surface area (Å²) in [4.78, 5) is 23.6. The molecule has 0 rings (SSSR count). The summed E-state index contributed by atoms with van der Waals surface area (Å²) >= 11 is 0. The van der Waals surface area contributed by atoms with Gasteiger partial charge in [0.2, 0.25) is 0 Å². The van der Waals surface area contributed by atoms with Crippen molar-refractivity contribution in [1.29, 1.82) is 0 Å². The molecule has 0 aromatic rings. The predicted molar refractivity (Wildman–Crippen MR) is 139 cm³/mol. The molecule has 1 unspecified atom stereocenters. The van der Waals surface area contributed by atoms with Crippen molar-refractivity contribution in [3.8, 4) is 0 Å². The molecule has 0 bridgehead atoms. The van der Waals surface area contributed by atoms with E-state index < -0.39 is 0 Å². The molecule has 0 amide bonds. The van der Waals surface area contributed by atoms with Gasteiger partial charge in [-0.3, -0.25) is 9.59 Å². The molecule has 33 heavy (non-hydrogen) atoms. The van der Waals surface area contributed by atoms with Gasteiger partial charge in [0.15, 0.2) is 0 Å². The van der Waals surface area contributed by atoms with Crippen LogP contribution in [0.4, 0.5) is 0 Å². The molecule has 0 aliphatic carbocycles. The molecule has 0 saturated carbocycles. The minimum atomic E-state index is -0.0563. The van der Waals surface area contributed by atoms with Crippen molar-refractivity contribution < 1.29 is 19.1 Å². The Labute approximate surface area is 206 Å². The Bertz CT molecular complexity index is 435. The van der Waals surface area contributed by atoms with E-state index in [0.29, 0.717) is 19.4 Å². The molecule has 0 radical (unpaired) electrons. The van der Waals surface area contributed by atoms with Gasteiger partial charge in [0.25, 0.3) is 0 Å². The summed E-state index contributed by atoms with van der Waals surface area (Å²) in [5, 5.41) is 0. The minimum absolute atomic E-state index is 0.0398. The highest BCUT2D eigenvalue weighted by molar-refractivity contribution is 5.69. The zero-order valence-corrected chi connectivity index (χ0v) is 22.5. The molecule has 0 aliphatic rings. The quantitative estimate of drug-likeness (QED) is 0.0990. The third-order valence-electron chi connectivity index (χ3n) is 6.32. The van der Waals surface area contributed by atoms with Gasteiger partial charge in [0.05, 0.1) is 12.7 Å². The molecule has 0 aliphatic heterocycles. The Balaban J connectivity index is 3.30. The second-order valence-corrected chi connectivity index (χ2v) is 9.82. The summed E-state index contributed by atoms with van der Waals surface area (Å²) in [7, 11) is 0. The molecule has 0 aromatic heterocycles. The first kappa shape index (κ1) is 31.9. The van der Waals surface area contributed by atoms with E-state index >= 15 is 0 Å². The Morgan fingerprint density at radius 1 is 0.545 bits per heavy atom. The van der Waals surface area contributed by atoms with E-state index in [0.717, 1.165) is 64.2 Å². The zero-order chi connectivity index (χ0) is 24.4. The lowest BCUT2D eigenvalue weighted by atomic mass is 10.1. The van der Waals surface area contributed by atoms with Gasteiger partial charge in [-0.25, -0.2) is 0 Å². The van der Waals surface area contributed by atoms with E-state index in [9.17, 15) is 9.59 Å². The molecule has 4 nitrogen and oxygen atoms in total. The van der Waals surface area contributed by atoms with Crippen LogP contribution in [0.25, 0.3) is 0 Å². The average molecular weight is 469 g/mol. The Hall–Kier alpha value is -1.06. The number of ether oxygens (including phenoxy) is 2. The van der Waals surface area contributed by atoms with Crippen molar-refractivity contribution in [2.45, 2.75) is 168 Å². The van der Waals surface area contributed by atoms with Gasteiger partial charge < -0.3 is 9.47 Å². The van der Waals surface area contributed by atoms with Crippen LogP contribution in [-0.2, 0) is 19.1 Å². The first-order chi connectivity index (χ1) is 16.1. The SMILES string of the molecule is CCCCCCCCCCCCCOC(=O)CCCCCCCCC(=O)OC(C)CCCC. The molecular formula is C29H56O4. The van der Waals surface area contributed by atoms with Crippen LogP contribution in [0, 0.1) is 0 Å². The normalized spacial score (nSPS) is 12.0. The number of carbonyl (C=O) groups is 2. The van der Waals surface area contributed by atoms with Gasteiger partial charge >= 0.3 is 11.9 Å². The standard InChI is InChI=1S/C29H56O4/c1-4-6-8-9-10-11-12-13-16-19-22-26-32-28(30)24-20-17-14-15-18-21-25-29(31)33-27(3)23-7-5-2/h27H,4-26H2,1-3H3. The van der Waals surface area contributed by atoms with E-state index in [2.05, 4.69) is 13.8 Å². The number of hydrogen-bond donors (Lipinski definition) is 0. The topological polar surface area (TPSA) is 52.6 Å². The van der Waals surface area contributed by atoms with Crippen LogP contribution in [0.3, 0.4) is 0 Å². The largest absolute Gasteiger partial charge is 0.466 e. The number of hydrogen-bond acceptors (Lipinski definition) is 4. The smallest absolute Gasteiger partial charge is 0.306 e.